The number of hydrogen-bond donors (Lipinski definition) is 1. The van der Waals surface area contributed by atoms with Gasteiger partial charge in [0.15, 0.2) is 5.11 Å². The van der Waals surface area contributed by atoms with E-state index in [0.29, 0.717) is 11.0 Å². The molecule has 2 aromatic carbocycles. The van der Waals surface area contributed by atoms with Crippen LogP contribution in [-0.4, -0.2) is 48.3 Å². The molecule has 4 rings (SSSR count). The average molecular weight is 413 g/mol. The first-order valence-electron chi connectivity index (χ1n) is 9.14. The Bertz CT molecular complexity index is 1000. The number of pyridine rings is 1. The summed E-state index contributed by atoms with van der Waals surface area (Å²) in [5.74, 6) is 0.540. The van der Waals surface area contributed by atoms with Crippen LogP contribution in [0.3, 0.4) is 0 Å². The van der Waals surface area contributed by atoms with Gasteiger partial charge in [0.25, 0.3) is 0 Å². The Hall–Kier alpha value is -2.57. The molecule has 28 heavy (non-hydrogen) atoms. The quantitative estimate of drug-likeness (QED) is 0.642. The highest BCUT2D eigenvalue weighted by molar-refractivity contribution is 7.80. The Kier molecular flexibility index (Phi) is 5.50. The maximum atomic E-state index is 6.12. The van der Waals surface area contributed by atoms with Crippen molar-refractivity contribution in [1.82, 2.24) is 9.88 Å². The number of para-hydroxylation sites is 1. The number of anilines is 2. The third-order valence-electron chi connectivity index (χ3n) is 4.86. The van der Waals surface area contributed by atoms with Gasteiger partial charge in [-0.15, -0.1) is 0 Å². The molecule has 1 fully saturated rings. The third-order valence-corrected chi connectivity index (χ3v) is 5.46. The third kappa shape index (κ3) is 3.98. The van der Waals surface area contributed by atoms with E-state index in [2.05, 4.69) is 26.2 Å². The summed E-state index contributed by atoms with van der Waals surface area (Å²) in [7, 11) is 1.62. The molecule has 1 aliphatic heterocycles. The van der Waals surface area contributed by atoms with Crippen LogP contribution >= 0.6 is 23.8 Å². The van der Waals surface area contributed by atoms with Crippen LogP contribution in [0.5, 0.6) is 5.88 Å². The molecule has 0 unspecified atom stereocenters. The second-order valence-corrected chi connectivity index (χ2v) is 7.45. The number of thiocarbonyl (C=S) groups is 1. The van der Waals surface area contributed by atoms with Crippen LogP contribution in [0.15, 0.2) is 54.6 Å². The van der Waals surface area contributed by atoms with E-state index >= 15 is 0 Å². The van der Waals surface area contributed by atoms with Gasteiger partial charge in [-0.2, -0.15) is 0 Å². The van der Waals surface area contributed by atoms with Crippen molar-refractivity contribution in [1.29, 1.82) is 0 Å². The minimum atomic E-state index is 0.540. The fraction of sp³-hybridized carbons (Fsp3) is 0.238. The Labute approximate surface area is 174 Å². The van der Waals surface area contributed by atoms with Crippen molar-refractivity contribution in [3.8, 4) is 5.88 Å². The normalized spacial score (nSPS) is 14.2. The van der Waals surface area contributed by atoms with Crippen molar-refractivity contribution in [3.63, 3.8) is 0 Å². The number of methoxy groups -OCH3 is 1. The Balaban J connectivity index is 1.44. The van der Waals surface area contributed by atoms with Gasteiger partial charge in [0.1, 0.15) is 5.69 Å². The van der Waals surface area contributed by atoms with Gasteiger partial charge in [-0.1, -0.05) is 35.9 Å². The number of nitrogens with one attached hydrogen (secondary N) is 1. The van der Waals surface area contributed by atoms with Gasteiger partial charge < -0.3 is 19.9 Å². The van der Waals surface area contributed by atoms with Crippen LogP contribution in [0.2, 0.25) is 5.02 Å². The van der Waals surface area contributed by atoms with E-state index in [9.17, 15) is 0 Å². The number of piperazine rings is 1. The van der Waals surface area contributed by atoms with Crippen LogP contribution in [0.4, 0.5) is 11.4 Å². The van der Waals surface area contributed by atoms with Crippen LogP contribution in [-0.2, 0) is 0 Å². The average Bonchev–Trinajstić information content (AvgIpc) is 2.73. The lowest BCUT2D eigenvalue weighted by Crippen LogP contribution is -2.50. The SMILES string of the molecule is COc1nc2ccccc2cc1NC(=S)N1CCN(c2cccc(Cl)c2)CC1. The van der Waals surface area contributed by atoms with E-state index in [0.717, 1.165) is 53.5 Å². The van der Waals surface area contributed by atoms with Crippen LogP contribution in [0.1, 0.15) is 0 Å². The Morgan fingerprint density at radius 1 is 1.07 bits per heavy atom. The number of hydrogen-bond acceptors (Lipinski definition) is 4. The highest BCUT2D eigenvalue weighted by Crippen LogP contribution is 2.27. The predicted molar refractivity (Wildman–Crippen MR) is 120 cm³/mol. The highest BCUT2D eigenvalue weighted by Gasteiger charge is 2.20. The number of fused-ring (bicyclic) bond motifs is 1. The minimum Gasteiger partial charge on any atom is -0.479 e. The molecule has 0 saturated carbocycles. The molecule has 0 atom stereocenters. The largest absolute Gasteiger partial charge is 0.479 e. The summed E-state index contributed by atoms with van der Waals surface area (Å²) in [4.78, 5) is 9.06. The number of ether oxygens (including phenoxy) is 1. The van der Waals surface area contributed by atoms with Gasteiger partial charge in [0.05, 0.1) is 12.6 Å². The van der Waals surface area contributed by atoms with Crippen molar-refractivity contribution in [2.75, 3.05) is 43.5 Å². The van der Waals surface area contributed by atoms with Gasteiger partial charge in [-0.05, 0) is 42.5 Å². The summed E-state index contributed by atoms with van der Waals surface area (Å²) in [6.45, 7) is 3.44. The van der Waals surface area contributed by atoms with Crippen molar-refractivity contribution in [2.24, 2.45) is 0 Å². The number of nitrogens with zero attached hydrogens (tertiary/aromatic N) is 3. The topological polar surface area (TPSA) is 40.6 Å². The van der Waals surface area contributed by atoms with Crippen LogP contribution in [0, 0.1) is 0 Å². The lowest BCUT2D eigenvalue weighted by molar-refractivity contribution is 0.389. The van der Waals surface area contributed by atoms with Crippen LogP contribution in [0.25, 0.3) is 10.9 Å². The maximum Gasteiger partial charge on any atom is 0.238 e. The molecule has 5 nitrogen and oxygen atoms in total. The Morgan fingerprint density at radius 2 is 1.86 bits per heavy atom. The molecular formula is C21H21ClN4OS. The minimum absolute atomic E-state index is 0.540. The van der Waals surface area contributed by atoms with E-state index in [-0.39, 0.29) is 0 Å². The lowest BCUT2D eigenvalue weighted by atomic mass is 10.2. The second-order valence-electron chi connectivity index (χ2n) is 6.62. The zero-order valence-corrected chi connectivity index (χ0v) is 17.1. The van der Waals surface area contributed by atoms with Gasteiger partial charge >= 0.3 is 0 Å². The fourth-order valence-corrected chi connectivity index (χ4v) is 3.86. The molecule has 144 valence electrons. The number of aromatic nitrogens is 1. The molecule has 0 bridgehead atoms. The molecule has 0 radical (unpaired) electrons. The monoisotopic (exact) mass is 412 g/mol. The molecule has 1 aromatic heterocycles. The van der Waals surface area contributed by atoms with E-state index in [1.165, 1.54) is 0 Å². The number of rotatable bonds is 3. The van der Waals surface area contributed by atoms with Gasteiger partial charge in [0.2, 0.25) is 5.88 Å². The number of halogens is 1. The van der Waals surface area contributed by atoms with Crippen molar-refractivity contribution < 1.29 is 4.74 Å². The maximum absolute atomic E-state index is 6.12. The fourth-order valence-electron chi connectivity index (χ4n) is 3.38. The molecule has 3 aromatic rings. The van der Waals surface area contributed by atoms with Crippen LogP contribution < -0.4 is 15.0 Å². The van der Waals surface area contributed by atoms with Crippen molar-refractivity contribution in [3.05, 3.63) is 59.6 Å². The predicted octanol–water partition coefficient (Wildman–Crippen LogP) is 4.42. The first kappa shape index (κ1) is 18.8. The molecule has 7 heteroatoms. The smallest absolute Gasteiger partial charge is 0.238 e. The summed E-state index contributed by atoms with van der Waals surface area (Å²) in [6.07, 6.45) is 0. The second kappa shape index (κ2) is 8.20. The van der Waals surface area contributed by atoms with Crippen molar-refractivity contribution >= 4 is 51.2 Å². The van der Waals surface area contributed by atoms with Gasteiger partial charge in [0, 0.05) is 42.3 Å². The summed E-state index contributed by atoms with van der Waals surface area (Å²) < 4.78 is 5.46. The molecule has 1 N–H and O–H groups in total. The summed E-state index contributed by atoms with van der Waals surface area (Å²) in [5.41, 5.74) is 2.82. The molecule has 2 heterocycles. The summed E-state index contributed by atoms with van der Waals surface area (Å²) >= 11 is 11.8. The standard InChI is InChI=1S/C21H21ClN4OS/c1-27-20-19(13-15-5-2-3-8-18(15)23-20)24-21(28)26-11-9-25(10-12-26)17-7-4-6-16(22)14-17/h2-8,13-14H,9-12H2,1H3,(H,24,28). The number of benzene rings is 2. The van der Waals surface area contributed by atoms with Gasteiger partial charge in [-0.25, -0.2) is 4.98 Å². The zero-order chi connectivity index (χ0) is 19.5. The van der Waals surface area contributed by atoms with E-state index in [4.69, 9.17) is 28.6 Å². The molecular weight excluding hydrogens is 392 g/mol. The van der Waals surface area contributed by atoms with E-state index < -0.39 is 0 Å². The Morgan fingerprint density at radius 3 is 2.61 bits per heavy atom. The van der Waals surface area contributed by atoms with Crippen molar-refractivity contribution in [2.45, 2.75) is 0 Å². The summed E-state index contributed by atoms with van der Waals surface area (Å²) in [6, 6.07) is 17.9. The first-order chi connectivity index (χ1) is 13.6. The summed E-state index contributed by atoms with van der Waals surface area (Å²) in [5, 5.41) is 5.80. The first-order valence-corrected chi connectivity index (χ1v) is 9.93. The highest BCUT2D eigenvalue weighted by atomic mass is 35.5. The molecule has 0 aliphatic carbocycles. The molecule has 0 spiro atoms. The molecule has 0 amide bonds. The van der Waals surface area contributed by atoms with Gasteiger partial charge in [-0.3, -0.25) is 0 Å². The zero-order valence-electron chi connectivity index (χ0n) is 15.6. The molecule has 1 aliphatic rings. The van der Waals surface area contributed by atoms with E-state index in [1.54, 1.807) is 7.11 Å². The lowest BCUT2D eigenvalue weighted by Gasteiger charge is -2.37. The van der Waals surface area contributed by atoms with E-state index in [1.807, 2.05) is 48.5 Å². The molecule has 1 saturated heterocycles.